The maximum Gasteiger partial charge on any atom is 0.262 e. The molecule has 2 N–H and O–H groups in total. The number of carbonyl (C=O) groups excluding carboxylic acids is 1. The molecule has 0 saturated heterocycles. The van der Waals surface area contributed by atoms with Gasteiger partial charge in [-0.05, 0) is 87.2 Å². The maximum atomic E-state index is 13.0. The quantitative estimate of drug-likeness (QED) is 0.587. The number of hydrogen-bond acceptors (Lipinski definition) is 3. The Morgan fingerprint density at radius 3 is 2.03 bits per heavy atom. The van der Waals surface area contributed by atoms with E-state index < -0.39 is 10.0 Å². The van der Waals surface area contributed by atoms with Crippen LogP contribution in [0.15, 0.2) is 59.5 Å². The molecule has 0 atom stereocenters. The molecule has 3 aromatic carbocycles. The lowest BCUT2D eigenvalue weighted by molar-refractivity contribution is 0.102. The van der Waals surface area contributed by atoms with E-state index in [2.05, 4.69) is 10.0 Å². The van der Waals surface area contributed by atoms with Crippen molar-refractivity contribution in [2.75, 3.05) is 10.0 Å². The third-order valence-corrected chi connectivity index (χ3v) is 6.35. The van der Waals surface area contributed by atoms with E-state index in [4.69, 9.17) is 0 Å². The van der Waals surface area contributed by atoms with Crippen LogP contribution in [0, 0.1) is 34.6 Å². The van der Waals surface area contributed by atoms with Gasteiger partial charge in [0.15, 0.2) is 0 Å². The summed E-state index contributed by atoms with van der Waals surface area (Å²) in [6.45, 7) is 9.43. The largest absolute Gasteiger partial charge is 0.322 e. The van der Waals surface area contributed by atoms with Crippen molar-refractivity contribution in [3.8, 4) is 0 Å². The minimum absolute atomic E-state index is 0.0792. The smallest absolute Gasteiger partial charge is 0.262 e. The van der Waals surface area contributed by atoms with E-state index in [0.29, 0.717) is 16.9 Å². The van der Waals surface area contributed by atoms with Gasteiger partial charge in [0.1, 0.15) is 0 Å². The summed E-state index contributed by atoms with van der Waals surface area (Å²) in [5.74, 6) is -0.358. The van der Waals surface area contributed by atoms with Crippen molar-refractivity contribution < 1.29 is 13.2 Å². The van der Waals surface area contributed by atoms with Crippen molar-refractivity contribution in [3.05, 3.63) is 88.0 Å². The van der Waals surface area contributed by atoms with E-state index in [0.717, 1.165) is 22.3 Å². The highest BCUT2D eigenvalue weighted by atomic mass is 32.2. The van der Waals surface area contributed by atoms with Crippen LogP contribution in [0.1, 0.15) is 38.2 Å². The SMILES string of the molecule is Cc1cc(C)cc(NC(=O)c2ccc(C)c(S(=O)(=O)Nc3ccc(C)cc3C)c2)c1. The number of aryl methyl sites for hydroxylation is 5. The Labute approximate surface area is 178 Å². The molecular formula is C24H26N2O3S. The number of carbonyl (C=O) groups is 1. The predicted molar refractivity (Wildman–Crippen MR) is 122 cm³/mol. The Morgan fingerprint density at radius 1 is 0.733 bits per heavy atom. The highest BCUT2D eigenvalue weighted by Gasteiger charge is 2.20. The molecule has 30 heavy (non-hydrogen) atoms. The molecule has 0 fully saturated rings. The molecule has 0 aliphatic rings. The first-order valence-corrected chi connectivity index (χ1v) is 11.1. The summed E-state index contributed by atoms with van der Waals surface area (Å²) in [6.07, 6.45) is 0. The van der Waals surface area contributed by atoms with Gasteiger partial charge in [0.2, 0.25) is 0 Å². The van der Waals surface area contributed by atoms with Gasteiger partial charge in [-0.25, -0.2) is 8.42 Å². The number of hydrogen-bond donors (Lipinski definition) is 2. The topological polar surface area (TPSA) is 75.3 Å². The Morgan fingerprint density at radius 2 is 1.40 bits per heavy atom. The first-order valence-electron chi connectivity index (χ1n) is 9.65. The van der Waals surface area contributed by atoms with E-state index >= 15 is 0 Å². The molecular weight excluding hydrogens is 396 g/mol. The fourth-order valence-electron chi connectivity index (χ4n) is 3.41. The van der Waals surface area contributed by atoms with Gasteiger partial charge in [0, 0.05) is 11.3 Å². The molecule has 5 nitrogen and oxygen atoms in total. The van der Waals surface area contributed by atoms with Crippen molar-refractivity contribution in [1.29, 1.82) is 0 Å². The molecule has 0 saturated carbocycles. The van der Waals surface area contributed by atoms with Gasteiger partial charge >= 0.3 is 0 Å². The van der Waals surface area contributed by atoms with Crippen LogP contribution in [0.5, 0.6) is 0 Å². The first-order chi connectivity index (χ1) is 14.0. The predicted octanol–water partition coefficient (Wildman–Crippen LogP) is 5.28. The summed E-state index contributed by atoms with van der Waals surface area (Å²) in [5.41, 5.74) is 6.00. The lowest BCUT2D eigenvalue weighted by Crippen LogP contribution is -2.17. The molecule has 3 aromatic rings. The van der Waals surface area contributed by atoms with E-state index in [9.17, 15) is 13.2 Å². The Balaban J connectivity index is 1.91. The second-order valence-electron chi connectivity index (χ2n) is 7.73. The van der Waals surface area contributed by atoms with Crippen LogP contribution in [-0.2, 0) is 10.0 Å². The fourth-order valence-corrected chi connectivity index (χ4v) is 4.81. The molecule has 0 aromatic heterocycles. The highest BCUT2D eigenvalue weighted by molar-refractivity contribution is 7.92. The molecule has 0 aliphatic heterocycles. The van der Waals surface area contributed by atoms with Gasteiger partial charge in [0.05, 0.1) is 10.6 Å². The van der Waals surface area contributed by atoms with Crippen LogP contribution in [0.25, 0.3) is 0 Å². The van der Waals surface area contributed by atoms with Gasteiger partial charge in [0.25, 0.3) is 15.9 Å². The molecule has 0 aliphatic carbocycles. The molecule has 0 radical (unpaired) electrons. The summed E-state index contributed by atoms with van der Waals surface area (Å²) in [7, 11) is -3.85. The van der Waals surface area contributed by atoms with Crippen molar-refractivity contribution in [1.82, 2.24) is 0 Å². The van der Waals surface area contributed by atoms with Crippen LogP contribution in [-0.4, -0.2) is 14.3 Å². The van der Waals surface area contributed by atoms with Crippen molar-refractivity contribution >= 4 is 27.3 Å². The summed E-state index contributed by atoms with van der Waals surface area (Å²) in [5, 5.41) is 2.85. The lowest BCUT2D eigenvalue weighted by atomic mass is 10.1. The molecule has 0 spiro atoms. The van der Waals surface area contributed by atoms with Crippen molar-refractivity contribution in [2.24, 2.45) is 0 Å². The summed E-state index contributed by atoms with van der Waals surface area (Å²) < 4.78 is 28.7. The minimum Gasteiger partial charge on any atom is -0.322 e. The van der Waals surface area contributed by atoms with Gasteiger partial charge in [-0.1, -0.05) is 29.8 Å². The lowest BCUT2D eigenvalue weighted by Gasteiger charge is -2.14. The summed E-state index contributed by atoms with van der Waals surface area (Å²) in [4.78, 5) is 12.8. The van der Waals surface area contributed by atoms with Gasteiger partial charge < -0.3 is 5.32 Å². The highest BCUT2D eigenvalue weighted by Crippen LogP contribution is 2.24. The van der Waals surface area contributed by atoms with Crippen molar-refractivity contribution in [3.63, 3.8) is 0 Å². The third kappa shape index (κ3) is 4.89. The monoisotopic (exact) mass is 422 g/mol. The zero-order valence-electron chi connectivity index (χ0n) is 17.8. The van der Waals surface area contributed by atoms with E-state index in [-0.39, 0.29) is 16.4 Å². The van der Waals surface area contributed by atoms with Crippen molar-refractivity contribution in [2.45, 2.75) is 39.5 Å². The maximum absolute atomic E-state index is 13.0. The van der Waals surface area contributed by atoms with Crippen LogP contribution >= 0.6 is 0 Å². The second-order valence-corrected chi connectivity index (χ2v) is 9.39. The van der Waals surface area contributed by atoms with Crippen LogP contribution in [0.4, 0.5) is 11.4 Å². The standard InChI is InChI=1S/C24H26N2O3S/c1-15-6-9-22(19(5)11-15)26-30(28,29)23-14-20(8-7-18(23)4)24(27)25-21-12-16(2)10-17(3)13-21/h6-14,26H,1-5H3,(H,25,27). The zero-order chi connectivity index (χ0) is 22.1. The van der Waals surface area contributed by atoms with E-state index in [1.165, 1.54) is 6.07 Å². The van der Waals surface area contributed by atoms with Gasteiger partial charge in [-0.2, -0.15) is 0 Å². The normalized spacial score (nSPS) is 11.2. The zero-order valence-corrected chi connectivity index (χ0v) is 18.6. The Kier molecular flexibility index (Phi) is 5.99. The molecule has 0 bridgehead atoms. The van der Waals surface area contributed by atoms with Crippen LogP contribution < -0.4 is 10.0 Å². The van der Waals surface area contributed by atoms with Gasteiger partial charge in [-0.3, -0.25) is 9.52 Å². The minimum atomic E-state index is -3.85. The Hall–Kier alpha value is -3.12. The summed E-state index contributed by atoms with van der Waals surface area (Å²) in [6, 6.07) is 16.0. The first kappa shape index (κ1) is 21.6. The molecule has 0 unspecified atom stereocenters. The van der Waals surface area contributed by atoms with E-state index in [1.807, 2.05) is 58.0 Å². The number of anilines is 2. The average molecular weight is 423 g/mol. The van der Waals surface area contributed by atoms with Crippen LogP contribution in [0.3, 0.4) is 0 Å². The Bertz CT molecular complexity index is 1210. The molecule has 1 amide bonds. The fraction of sp³-hybridized carbons (Fsp3) is 0.208. The van der Waals surface area contributed by atoms with Crippen LogP contribution in [0.2, 0.25) is 0 Å². The third-order valence-electron chi connectivity index (χ3n) is 4.85. The molecule has 156 valence electrons. The molecule has 3 rings (SSSR count). The molecule has 6 heteroatoms. The number of rotatable bonds is 5. The molecule has 0 heterocycles. The number of sulfonamides is 1. The number of benzene rings is 3. The number of amides is 1. The summed E-state index contributed by atoms with van der Waals surface area (Å²) >= 11 is 0. The number of nitrogens with one attached hydrogen (secondary N) is 2. The van der Waals surface area contributed by atoms with E-state index in [1.54, 1.807) is 25.1 Å². The second kappa shape index (κ2) is 8.32. The van der Waals surface area contributed by atoms with Gasteiger partial charge in [-0.15, -0.1) is 0 Å². The average Bonchev–Trinajstić information content (AvgIpc) is 2.63.